The van der Waals surface area contributed by atoms with Gasteiger partial charge >= 0.3 is 5.97 Å². The maximum Gasteiger partial charge on any atom is 0.321 e. The number of rotatable bonds is 8. The lowest BCUT2D eigenvalue weighted by Crippen LogP contribution is -2.36. The zero-order valence-corrected chi connectivity index (χ0v) is 14.0. The van der Waals surface area contributed by atoms with E-state index in [1.807, 2.05) is 6.92 Å². The van der Waals surface area contributed by atoms with E-state index in [2.05, 4.69) is 4.74 Å². The summed E-state index contributed by atoms with van der Waals surface area (Å²) in [5.74, 6) is 0.118. The maximum atomic E-state index is 12.7. The molecule has 0 aliphatic carbocycles. The van der Waals surface area contributed by atoms with Gasteiger partial charge in [-0.2, -0.15) is 4.31 Å². The first-order valence-corrected chi connectivity index (χ1v) is 8.13. The second-order valence-corrected chi connectivity index (χ2v) is 6.37. The average molecular weight is 331 g/mol. The summed E-state index contributed by atoms with van der Waals surface area (Å²) in [7, 11) is 0.277. The summed E-state index contributed by atoms with van der Waals surface area (Å²) >= 11 is 0. The molecule has 1 aromatic rings. The molecule has 0 atom stereocenters. The molecule has 0 fully saturated rings. The van der Waals surface area contributed by atoms with Crippen molar-refractivity contribution in [2.75, 3.05) is 34.4 Å². The summed E-state index contributed by atoms with van der Waals surface area (Å²) in [6.07, 6.45) is 0.573. The van der Waals surface area contributed by atoms with Crippen LogP contribution >= 0.6 is 0 Å². The summed E-state index contributed by atoms with van der Waals surface area (Å²) < 4.78 is 41.2. The minimum atomic E-state index is -3.83. The lowest BCUT2D eigenvalue weighted by atomic mass is 10.3. The van der Waals surface area contributed by atoms with E-state index in [-0.39, 0.29) is 18.0 Å². The van der Waals surface area contributed by atoms with Crippen molar-refractivity contribution in [3.8, 4) is 11.5 Å². The smallest absolute Gasteiger partial charge is 0.321 e. The monoisotopic (exact) mass is 331 g/mol. The minimum Gasteiger partial charge on any atom is -0.493 e. The largest absolute Gasteiger partial charge is 0.493 e. The standard InChI is InChI=1S/C14H21NO6S/c1-5-8-15(10-14(16)21-4)22(17,18)11-6-7-12(19-2)13(9-11)20-3/h6-7,9H,5,8,10H2,1-4H3. The molecule has 0 saturated carbocycles. The lowest BCUT2D eigenvalue weighted by Gasteiger charge is -2.21. The summed E-state index contributed by atoms with van der Waals surface area (Å²) in [5, 5.41) is 0. The third kappa shape index (κ3) is 4.11. The molecule has 0 unspecified atom stereocenters. The highest BCUT2D eigenvalue weighted by Crippen LogP contribution is 2.30. The van der Waals surface area contributed by atoms with Crippen LogP contribution in [0.3, 0.4) is 0 Å². The van der Waals surface area contributed by atoms with Crippen LogP contribution in [0.15, 0.2) is 23.1 Å². The number of carbonyl (C=O) groups excluding carboxylic acids is 1. The molecule has 0 radical (unpaired) electrons. The molecule has 7 nitrogen and oxygen atoms in total. The molecular formula is C14H21NO6S. The summed E-state index contributed by atoms with van der Waals surface area (Å²) in [6, 6.07) is 4.29. The first kappa shape index (κ1) is 18.2. The van der Waals surface area contributed by atoms with Crippen LogP contribution in [-0.2, 0) is 19.6 Å². The van der Waals surface area contributed by atoms with Gasteiger partial charge in [0, 0.05) is 12.6 Å². The molecule has 0 amide bonds. The van der Waals surface area contributed by atoms with Gasteiger partial charge in [0.05, 0.1) is 26.2 Å². The fourth-order valence-corrected chi connectivity index (χ4v) is 3.36. The van der Waals surface area contributed by atoms with Gasteiger partial charge < -0.3 is 14.2 Å². The van der Waals surface area contributed by atoms with Gasteiger partial charge in [-0.15, -0.1) is 0 Å². The predicted octanol–water partition coefficient (Wildman–Crippen LogP) is 1.28. The van der Waals surface area contributed by atoms with E-state index in [0.717, 1.165) is 4.31 Å². The average Bonchev–Trinajstić information content (AvgIpc) is 2.53. The van der Waals surface area contributed by atoms with Crippen molar-refractivity contribution in [2.45, 2.75) is 18.2 Å². The highest BCUT2D eigenvalue weighted by atomic mass is 32.2. The van der Waals surface area contributed by atoms with E-state index in [1.165, 1.54) is 39.5 Å². The van der Waals surface area contributed by atoms with Crippen LogP contribution in [0, 0.1) is 0 Å². The normalized spacial score (nSPS) is 11.3. The fourth-order valence-electron chi connectivity index (χ4n) is 1.87. The Morgan fingerprint density at radius 2 is 1.77 bits per heavy atom. The van der Waals surface area contributed by atoms with E-state index in [1.54, 1.807) is 0 Å². The number of ether oxygens (including phenoxy) is 3. The van der Waals surface area contributed by atoms with E-state index in [9.17, 15) is 13.2 Å². The molecule has 0 aliphatic heterocycles. The highest BCUT2D eigenvalue weighted by Gasteiger charge is 2.27. The Morgan fingerprint density at radius 3 is 2.27 bits per heavy atom. The summed E-state index contributed by atoms with van der Waals surface area (Å²) in [4.78, 5) is 11.5. The topological polar surface area (TPSA) is 82.1 Å². The fraction of sp³-hybridized carbons (Fsp3) is 0.500. The number of sulfonamides is 1. The van der Waals surface area contributed by atoms with Gasteiger partial charge in [0.15, 0.2) is 11.5 Å². The first-order valence-electron chi connectivity index (χ1n) is 6.69. The Kier molecular flexibility index (Phi) is 6.63. The van der Waals surface area contributed by atoms with E-state index >= 15 is 0 Å². The maximum absolute atomic E-state index is 12.7. The van der Waals surface area contributed by atoms with Crippen molar-refractivity contribution >= 4 is 16.0 Å². The molecule has 0 N–H and O–H groups in total. The van der Waals surface area contributed by atoms with Gasteiger partial charge in [0.1, 0.15) is 6.54 Å². The van der Waals surface area contributed by atoms with Crippen LogP contribution in [0.2, 0.25) is 0 Å². The Bertz CT molecular complexity index is 614. The third-order valence-corrected chi connectivity index (χ3v) is 4.84. The molecule has 0 bridgehead atoms. The van der Waals surface area contributed by atoms with Crippen molar-refractivity contribution in [2.24, 2.45) is 0 Å². The predicted molar refractivity (Wildman–Crippen MR) is 80.6 cm³/mol. The number of esters is 1. The molecule has 0 aliphatic rings. The van der Waals surface area contributed by atoms with E-state index < -0.39 is 16.0 Å². The Balaban J connectivity index is 3.21. The summed E-state index contributed by atoms with van der Waals surface area (Å²) in [6.45, 7) is 1.71. The quantitative estimate of drug-likeness (QED) is 0.667. The molecule has 0 heterocycles. The van der Waals surface area contributed by atoms with Gasteiger partial charge in [0.2, 0.25) is 10.0 Å². The number of methoxy groups -OCH3 is 3. The highest BCUT2D eigenvalue weighted by molar-refractivity contribution is 7.89. The van der Waals surface area contributed by atoms with Gasteiger partial charge in [0.25, 0.3) is 0 Å². The number of hydrogen-bond donors (Lipinski definition) is 0. The van der Waals surface area contributed by atoms with Gasteiger partial charge in [-0.25, -0.2) is 8.42 Å². The zero-order chi connectivity index (χ0) is 16.8. The van der Waals surface area contributed by atoms with Gasteiger partial charge in [-0.05, 0) is 18.6 Å². The molecule has 1 rings (SSSR count). The second kappa shape index (κ2) is 8.00. The molecule has 0 spiro atoms. The molecule has 1 aromatic carbocycles. The van der Waals surface area contributed by atoms with Crippen molar-refractivity contribution in [1.29, 1.82) is 0 Å². The van der Waals surface area contributed by atoms with Crippen molar-refractivity contribution < 1.29 is 27.4 Å². The third-order valence-electron chi connectivity index (χ3n) is 3.00. The summed E-state index contributed by atoms with van der Waals surface area (Å²) in [5.41, 5.74) is 0. The van der Waals surface area contributed by atoms with Crippen LogP contribution < -0.4 is 9.47 Å². The van der Waals surface area contributed by atoms with Crippen LogP contribution in [-0.4, -0.2) is 53.1 Å². The van der Waals surface area contributed by atoms with Crippen molar-refractivity contribution in [1.82, 2.24) is 4.31 Å². The number of benzene rings is 1. The molecule has 8 heteroatoms. The number of carbonyl (C=O) groups is 1. The number of hydrogen-bond acceptors (Lipinski definition) is 6. The Labute approximate surface area is 130 Å². The first-order chi connectivity index (χ1) is 10.4. The van der Waals surface area contributed by atoms with Crippen LogP contribution in [0.1, 0.15) is 13.3 Å². The van der Waals surface area contributed by atoms with Crippen LogP contribution in [0.5, 0.6) is 11.5 Å². The lowest BCUT2D eigenvalue weighted by molar-refractivity contribution is -0.140. The molecule has 0 aromatic heterocycles. The van der Waals surface area contributed by atoms with Gasteiger partial charge in [-0.1, -0.05) is 6.92 Å². The Morgan fingerprint density at radius 1 is 1.14 bits per heavy atom. The van der Waals surface area contributed by atoms with E-state index in [4.69, 9.17) is 9.47 Å². The van der Waals surface area contributed by atoms with Crippen molar-refractivity contribution in [3.05, 3.63) is 18.2 Å². The van der Waals surface area contributed by atoms with Crippen LogP contribution in [0.4, 0.5) is 0 Å². The second-order valence-electron chi connectivity index (χ2n) is 4.43. The molecule has 22 heavy (non-hydrogen) atoms. The molecule has 124 valence electrons. The molecule has 0 saturated heterocycles. The van der Waals surface area contributed by atoms with E-state index in [0.29, 0.717) is 17.9 Å². The zero-order valence-electron chi connectivity index (χ0n) is 13.2. The minimum absolute atomic E-state index is 0.0301. The SMILES string of the molecule is CCCN(CC(=O)OC)S(=O)(=O)c1ccc(OC)c(OC)c1. The van der Waals surface area contributed by atoms with Gasteiger partial charge in [-0.3, -0.25) is 4.79 Å². The van der Waals surface area contributed by atoms with Crippen LogP contribution in [0.25, 0.3) is 0 Å². The van der Waals surface area contributed by atoms with Crippen molar-refractivity contribution in [3.63, 3.8) is 0 Å². The number of nitrogens with zero attached hydrogens (tertiary/aromatic N) is 1. The Hall–Kier alpha value is -1.80. The molecular weight excluding hydrogens is 310 g/mol.